The fourth-order valence-electron chi connectivity index (χ4n) is 3.34. The van der Waals surface area contributed by atoms with E-state index in [9.17, 15) is 4.79 Å². The van der Waals surface area contributed by atoms with E-state index in [1.54, 1.807) is 0 Å². The van der Waals surface area contributed by atoms with E-state index in [4.69, 9.17) is 10.5 Å². The first kappa shape index (κ1) is 14.4. The number of nitrogens with two attached hydrogens (primary N) is 1. The van der Waals surface area contributed by atoms with Crippen LogP contribution in [-0.4, -0.2) is 25.2 Å². The van der Waals surface area contributed by atoms with Crippen LogP contribution in [0.15, 0.2) is 24.3 Å². The third-order valence-corrected chi connectivity index (χ3v) is 4.92. The average Bonchev–Trinajstić information content (AvgIpc) is 3.18. The molecule has 3 rings (SSSR count). The summed E-state index contributed by atoms with van der Waals surface area (Å²) in [5, 5.41) is 3.15. The molecule has 0 spiro atoms. The van der Waals surface area contributed by atoms with E-state index in [-0.39, 0.29) is 11.3 Å². The Hall–Kier alpha value is -1.55. The number of rotatable bonds is 5. The Labute approximate surface area is 126 Å². The van der Waals surface area contributed by atoms with Crippen molar-refractivity contribution in [1.29, 1.82) is 0 Å². The van der Waals surface area contributed by atoms with Crippen molar-refractivity contribution in [1.82, 2.24) is 5.32 Å². The lowest BCUT2D eigenvalue weighted by atomic mass is 9.94. The fourth-order valence-corrected chi connectivity index (χ4v) is 3.34. The third-order valence-electron chi connectivity index (χ3n) is 4.92. The first-order valence-electron chi connectivity index (χ1n) is 7.91. The summed E-state index contributed by atoms with van der Waals surface area (Å²) in [4.78, 5) is 12.6. The van der Waals surface area contributed by atoms with Crippen molar-refractivity contribution in [2.75, 3.05) is 18.9 Å². The lowest BCUT2D eigenvalue weighted by Gasteiger charge is -2.20. The number of nitrogen functional groups attached to an aromatic ring is 1. The number of nitrogens with one attached hydrogen (secondary N) is 1. The normalized spacial score (nSPS) is 26.5. The predicted molar refractivity (Wildman–Crippen MR) is 82.9 cm³/mol. The summed E-state index contributed by atoms with van der Waals surface area (Å²) in [5.74, 6) is 0.621. The van der Waals surface area contributed by atoms with Gasteiger partial charge in [0, 0.05) is 24.8 Å². The number of ether oxygens (including phenoxy) is 1. The van der Waals surface area contributed by atoms with Gasteiger partial charge in [-0.15, -0.1) is 0 Å². The summed E-state index contributed by atoms with van der Waals surface area (Å²) in [6, 6.07) is 7.71. The van der Waals surface area contributed by atoms with Crippen molar-refractivity contribution < 1.29 is 9.53 Å². The van der Waals surface area contributed by atoms with E-state index >= 15 is 0 Å². The van der Waals surface area contributed by atoms with Crippen LogP contribution in [0.4, 0.5) is 5.69 Å². The Kier molecular flexibility index (Phi) is 3.89. The Morgan fingerprint density at radius 1 is 1.38 bits per heavy atom. The molecule has 4 nitrogen and oxygen atoms in total. The number of hydrogen-bond donors (Lipinski definition) is 2. The van der Waals surface area contributed by atoms with E-state index in [2.05, 4.69) is 12.2 Å². The van der Waals surface area contributed by atoms with Gasteiger partial charge in [0.05, 0.1) is 11.5 Å². The van der Waals surface area contributed by atoms with Gasteiger partial charge in [-0.2, -0.15) is 0 Å². The molecule has 1 aliphatic heterocycles. The highest BCUT2D eigenvalue weighted by Gasteiger charge is 2.51. The van der Waals surface area contributed by atoms with E-state index < -0.39 is 0 Å². The van der Waals surface area contributed by atoms with Gasteiger partial charge in [-0.1, -0.05) is 19.1 Å². The monoisotopic (exact) mass is 288 g/mol. The summed E-state index contributed by atoms with van der Waals surface area (Å²) in [6.07, 6.45) is 4.23. The van der Waals surface area contributed by atoms with Gasteiger partial charge >= 0.3 is 0 Å². The van der Waals surface area contributed by atoms with Crippen LogP contribution in [0.1, 0.15) is 38.2 Å². The maximum absolute atomic E-state index is 12.6. The second-order valence-electron chi connectivity index (χ2n) is 6.28. The topological polar surface area (TPSA) is 64.3 Å². The quantitative estimate of drug-likeness (QED) is 0.817. The highest BCUT2D eigenvalue weighted by molar-refractivity contribution is 5.91. The van der Waals surface area contributed by atoms with Gasteiger partial charge < -0.3 is 15.8 Å². The van der Waals surface area contributed by atoms with Gasteiger partial charge in [-0.3, -0.25) is 4.79 Å². The number of amides is 1. The van der Waals surface area contributed by atoms with Crippen LogP contribution in [0.2, 0.25) is 0 Å². The molecular formula is C17H24N2O2. The van der Waals surface area contributed by atoms with Crippen molar-refractivity contribution in [3.63, 3.8) is 0 Å². The number of benzene rings is 1. The first-order chi connectivity index (χ1) is 10.2. The molecule has 1 heterocycles. The van der Waals surface area contributed by atoms with Gasteiger partial charge in [0.2, 0.25) is 5.91 Å². The maximum atomic E-state index is 12.6. The molecule has 21 heavy (non-hydrogen) atoms. The molecule has 3 N–H and O–H groups in total. The molecule has 1 aromatic rings. The van der Waals surface area contributed by atoms with Crippen LogP contribution in [0.5, 0.6) is 0 Å². The van der Waals surface area contributed by atoms with Crippen molar-refractivity contribution in [3.8, 4) is 0 Å². The Morgan fingerprint density at radius 2 is 2.10 bits per heavy atom. The minimum atomic E-state index is -0.311. The lowest BCUT2D eigenvalue weighted by molar-refractivity contribution is -0.123. The molecule has 1 aliphatic carbocycles. The number of carbonyl (C=O) groups excluding carboxylic acids is 1. The molecule has 2 fully saturated rings. The molecule has 2 atom stereocenters. The minimum Gasteiger partial charge on any atom is -0.399 e. The Bertz CT molecular complexity index is 508. The summed E-state index contributed by atoms with van der Waals surface area (Å²) < 4.78 is 5.68. The van der Waals surface area contributed by atoms with E-state index in [1.807, 2.05) is 24.3 Å². The SMILES string of the molecule is CCC1OCCC1CNC(=O)C1(c2ccc(N)cc2)CC1. The van der Waals surface area contributed by atoms with Crippen molar-refractivity contribution in [3.05, 3.63) is 29.8 Å². The van der Waals surface area contributed by atoms with E-state index in [1.165, 1.54) is 0 Å². The summed E-state index contributed by atoms with van der Waals surface area (Å²) >= 11 is 0. The molecular weight excluding hydrogens is 264 g/mol. The number of carbonyl (C=O) groups is 1. The van der Waals surface area contributed by atoms with Crippen molar-refractivity contribution >= 4 is 11.6 Å². The average molecular weight is 288 g/mol. The zero-order valence-electron chi connectivity index (χ0n) is 12.6. The Morgan fingerprint density at radius 3 is 2.71 bits per heavy atom. The van der Waals surface area contributed by atoms with E-state index in [0.29, 0.717) is 12.0 Å². The molecule has 1 saturated heterocycles. The maximum Gasteiger partial charge on any atom is 0.230 e. The van der Waals surface area contributed by atoms with Crippen molar-refractivity contribution in [2.24, 2.45) is 5.92 Å². The van der Waals surface area contributed by atoms with Gasteiger partial charge in [0.1, 0.15) is 0 Å². The minimum absolute atomic E-state index is 0.161. The lowest BCUT2D eigenvalue weighted by Crippen LogP contribution is -2.39. The molecule has 4 heteroatoms. The van der Waals surface area contributed by atoms with Crippen LogP contribution in [-0.2, 0) is 14.9 Å². The van der Waals surface area contributed by atoms with Crippen LogP contribution < -0.4 is 11.1 Å². The van der Waals surface area contributed by atoms with Gasteiger partial charge in [0.15, 0.2) is 0 Å². The van der Waals surface area contributed by atoms with Gasteiger partial charge in [-0.05, 0) is 43.4 Å². The fraction of sp³-hybridized carbons (Fsp3) is 0.588. The highest BCUT2D eigenvalue weighted by Crippen LogP contribution is 2.48. The largest absolute Gasteiger partial charge is 0.399 e. The molecule has 0 aromatic heterocycles. The van der Waals surface area contributed by atoms with Crippen LogP contribution in [0.25, 0.3) is 0 Å². The van der Waals surface area contributed by atoms with Crippen LogP contribution in [0.3, 0.4) is 0 Å². The highest BCUT2D eigenvalue weighted by atomic mass is 16.5. The standard InChI is InChI=1S/C17H24N2O2/c1-2-15-12(7-10-21-15)11-19-16(20)17(8-9-17)13-3-5-14(18)6-4-13/h3-6,12,15H,2,7-11,18H2,1H3,(H,19,20). The first-order valence-corrected chi connectivity index (χ1v) is 7.91. The molecule has 2 aliphatic rings. The summed E-state index contributed by atoms with van der Waals surface area (Å²) in [7, 11) is 0. The summed E-state index contributed by atoms with van der Waals surface area (Å²) in [5.41, 5.74) is 7.24. The molecule has 1 aromatic carbocycles. The van der Waals surface area contributed by atoms with Gasteiger partial charge in [-0.25, -0.2) is 0 Å². The Balaban J connectivity index is 1.61. The van der Waals surface area contributed by atoms with Crippen LogP contribution in [0, 0.1) is 5.92 Å². The second-order valence-corrected chi connectivity index (χ2v) is 6.28. The van der Waals surface area contributed by atoms with E-state index in [0.717, 1.165) is 50.1 Å². The molecule has 1 saturated carbocycles. The molecule has 0 radical (unpaired) electrons. The predicted octanol–water partition coefficient (Wildman–Crippen LogP) is 2.23. The third kappa shape index (κ3) is 2.77. The molecule has 114 valence electrons. The smallest absolute Gasteiger partial charge is 0.230 e. The van der Waals surface area contributed by atoms with Crippen LogP contribution >= 0.6 is 0 Å². The number of anilines is 1. The van der Waals surface area contributed by atoms with Gasteiger partial charge in [0.25, 0.3) is 0 Å². The molecule has 1 amide bonds. The number of hydrogen-bond acceptors (Lipinski definition) is 3. The zero-order chi connectivity index (χ0) is 14.9. The molecule has 0 bridgehead atoms. The second kappa shape index (κ2) is 5.68. The van der Waals surface area contributed by atoms with Crippen molar-refractivity contribution in [2.45, 2.75) is 44.1 Å². The zero-order valence-corrected chi connectivity index (χ0v) is 12.6. The summed E-state index contributed by atoms with van der Waals surface area (Å²) in [6.45, 7) is 3.69. The molecule has 2 unspecified atom stereocenters.